The molecule has 0 rings (SSSR count). The summed E-state index contributed by atoms with van der Waals surface area (Å²) in [5.74, 6) is -0.999. The third-order valence-corrected chi connectivity index (χ3v) is 10.2. The van der Waals surface area contributed by atoms with E-state index in [1.54, 1.807) is 0 Å². The van der Waals surface area contributed by atoms with Gasteiger partial charge in [0, 0.05) is 19.3 Å². The van der Waals surface area contributed by atoms with E-state index in [2.05, 4.69) is 57.2 Å². The highest BCUT2D eigenvalue weighted by Crippen LogP contribution is 2.13. The van der Waals surface area contributed by atoms with Crippen LogP contribution in [-0.4, -0.2) is 37.2 Å². The average molecular weight is 835 g/mol. The molecular weight excluding hydrogens is 745 g/mol. The first-order valence-corrected chi connectivity index (χ1v) is 24.7. The molecule has 1 atom stereocenters. The number of ether oxygens (including phenoxy) is 3. The molecule has 1 unspecified atom stereocenters. The molecule has 0 spiro atoms. The Morgan fingerprint density at radius 2 is 0.683 bits per heavy atom. The fourth-order valence-electron chi connectivity index (χ4n) is 6.52. The maximum Gasteiger partial charge on any atom is 0.306 e. The summed E-state index contributed by atoms with van der Waals surface area (Å²) in [5.41, 5.74) is 0. The summed E-state index contributed by atoms with van der Waals surface area (Å²) in [5, 5.41) is 0. The molecule has 0 aliphatic rings. The van der Waals surface area contributed by atoms with Crippen molar-refractivity contribution in [2.45, 2.75) is 226 Å². The van der Waals surface area contributed by atoms with Crippen LogP contribution >= 0.6 is 0 Å². The summed E-state index contributed by atoms with van der Waals surface area (Å²) in [4.78, 5) is 37.8. The van der Waals surface area contributed by atoms with E-state index in [0.29, 0.717) is 25.7 Å². The van der Waals surface area contributed by atoms with Crippen LogP contribution in [0.3, 0.4) is 0 Å². The third kappa shape index (κ3) is 45.7. The highest BCUT2D eigenvalue weighted by molar-refractivity contribution is 5.71. The minimum absolute atomic E-state index is 0.107. The minimum Gasteiger partial charge on any atom is -0.462 e. The minimum atomic E-state index is -0.811. The zero-order valence-electron chi connectivity index (χ0n) is 38.9. The summed E-state index contributed by atoms with van der Waals surface area (Å²) >= 11 is 0. The maximum absolute atomic E-state index is 12.7. The second-order valence-electron chi connectivity index (χ2n) is 16.1. The Bertz CT molecular complexity index is 1190. The number of hydrogen-bond acceptors (Lipinski definition) is 6. The molecule has 0 aliphatic heterocycles. The normalized spacial score (nSPS) is 12.8. The zero-order valence-corrected chi connectivity index (χ0v) is 38.9. The molecule has 0 aromatic heterocycles. The van der Waals surface area contributed by atoms with Gasteiger partial charge in [-0.25, -0.2) is 0 Å². The SMILES string of the molecule is CC\C=C/C=C\C=C/C=C\C=C/CCCCCC(=O)OC(COC(=O)CCC/C=C\CCCCCC)COC(=O)CCCCCCC/C=C\CCCCCCCCCCC. The predicted octanol–water partition coefficient (Wildman–Crippen LogP) is 16.0. The van der Waals surface area contributed by atoms with Gasteiger partial charge in [-0.15, -0.1) is 0 Å². The van der Waals surface area contributed by atoms with Crippen LogP contribution in [-0.2, 0) is 28.6 Å². The summed E-state index contributed by atoms with van der Waals surface area (Å²) < 4.78 is 16.7. The second kappa shape index (κ2) is 48.3. The first-order chi connectivity index (χ1) is 29.5. The highest BCUT2D eigenvalue weighted by atomic mass is 16.6. The van der Waals surface area contributed by atoms with Gasteiger partial charge in [0.15, 0.2) is 6.10 Å². The number of allylic oxidation sites excluding steroid dienone is 14. The van der Waals surface area contributed by atoms with Crippen molar-refractivity contribution in [1.82, 2.24) is 0 Å². The molecule has 0 fully saturated rings. The fourth-order valence-corrected chi connectivity index (χ4v) is 6.52. The van der Waals surface area contributed by atoms with Crippen LogP contribution in [0.1, 0.15) is 220 Å². The number of esters is 3. The van der Waals surface area contributed by atoms with Gasteiger partial charge in [-0.1, -0.05) is 202 Å². The van der Waals surface area contributed by atoms with Gasteiger partial charge in [0.05, 0.1) is 0 Å². The topological polar surface area (TPSA) is 78.9 Å². The molecule has 0 aromatic carbocycles. The molecule has 0 saturated carbocycles. The van der Waals surface area contributed by atoms with Gasteiger partial charge in [-0.2, -0.15) is 0 Å². The first-order valence-electron chi connectivity index (χ1n) is 24.7. The summed E-state index contributed by atoms with van der Waals surface area (Å²) in [6.45, 7) is 6.38. The van der Waals surface area contributed by atoms with E-state index in [4.69, 9.17) is 14.2 Å². The molecule has 0 N–H and O–H groups in total. The molecule has 0 radical (unpaired) electrons. The molecule has 0 aliphatic carbocycles. The van der Waals surface area contributed by atoms with E-state index in [9.17, 15) is 14.4 Å². The zero-order chi connectivity index (χ0) is 43.7. The van der Waals surface area contributed by atoms with E-state index < -0.39 is 6.10 Å². The Labute approximate surface area is 369 Å². The molecule has 342 valence electrons. The van der Waals surface area contributed by atoms with Gasteiger partial charge in [0.25, 0.3) is 0 Å². The summed E-state index contributed by atoms with van der Waals surface area (Å²) in [6.07, 6.45) is 61.5. The monoisotopic (exact) mass is 835 g/mol. The molecule has 6 heteroatoms. The molecule has 0 aromatic rings. The lowest BCUT2D eigenvalue weighted by Gasteiger charge is -2.18. The Hall–Kier alpha value is -3.41. The van der Waals surface area contributed by atoms with Crippen molar-refractivity contribution in [2.75, 3.05) is 13.2 Å². The molecule has 0 amide bonds. The van der Waals surface area contributed by atoms with Gasteiger partial charge in [-0.3, -0.25) is 14.4 Å². The standard InChI is InChI=1S/C54H90O6/c1-4-7-10-13-16-19-21-23-25-26-27-29-30-32-35-38-41-44-47-53(56)59-50-51(49-58-52(55)46-43-40-37-34-18-15-12-9-6-3)60-54(57)48-45-42-39-36-33-31-28-24-22-20-17-14-11-8-5-2/h8,11,14,17,20,22,24,27-29,31,33-34,37,51H,4-7,9-10,12-13,15-16,18-19,21,23,25-26,30,32,35-36,38-50H2,1-3H3/b11-8-,17-14-,22-20-,28-24-,29-27-,33-31-,37-34-. The Morgan fingerprint density at radius 3 is 1.17 bits per heavy atom. The summed E-state index contributed by atoms with van der Waals surface area (Å²) in [7, 11) is 0. The van der Waals surface area contributed by atoms with Crippen LogP contribution in [0.4, 0.5) is 0 Å². The maximum atomic E-state index is 12.7. The molecule has 0 bridgehead atoms. The van der Waals surface area contributed by atoms with Crippen LogP contribution in [0.5, 0.6) is 0 Å². The smallest absolute Gasteiger partial charge is 0.306 e. The number of hydrogen-bond donors (Lipinski definition) is 0. The number of carbonyl (C=O) groups excluding carboxylic acids is 3. The largest absolute Gasteiger partial charge is 0.462 e. The fraction of sp³-hybridized carbons (Fsp3) is 0.685. The lowest BCUT2D eigenvalue weighted by molar-refractivity contribution is -0.167. The number of carbonyl (C=O) groups is 3. The van der Waals surface area contributed by atoms with Crippen molar-refractivity contribution in [3.63, 3.8) is 0 Å². The van der Waals surface area contributed by atoms with Crippen LogP contribution in [0.15, 0.2) is 85.1 Å². The van der Waals surface area contributed by atoms with Gasteiger partial charge in [0.1, 0.15) is 13.2 Å². The Kier molecular flexibility index (Phi) is 45.5. The molecule has 60 heavy (non-hydrogen) atoms. The van der Waals surface area contributed by atoms with Crippen molar-refractivity contribution < 1.29 is 28.6 Å². The van der Waals surface area contributed by atoms with E-state index in [1.165, 1.54) is 96.3 Å². The average Bonchev–Trinajstić information content (AvgIpc) is 3.24. The first kappa shape index (κ1) is 56.6. The quantitative estimate of drug-likeness (QED) is 0.0200. The van der Waals surface area contributed by atoms with Crippen LogP contribution < -0.4 is 0 Å². The van der Waals surface area contributed by atoms with Crippen LogP contribution in [0.2, 0.25) is 0 Å². The van der Waals surface area contributed by atoms with E-state index in [1.807, 2.05) is 48.6 Å². The summed E-state index contributed by atoms with van der Waals surface area (Å²) in [6, 6.07) is 0. The lowest BCUT2D eigenvalue weighted by Crippen LogP contribution is -2.30. The van der Waals surface area contributed by atoms with Gasteiger partial charge in [-0.05, 0) is 83.5 Å². The number of unbranched alkanes of at least 4 members (excludes halogenated alkanes) is 22. The van der Waals surface area contributed by atoms with E-state index in [-0.39, 0.29) is 37.5 Å². The van der Waals surface area contributed by atoms with Crippen molar-refractivity contribution in [1.29, 1.82) is 0 Å². The second-order valence-corrected chi connectivity index (χ2v) is 16.1. The van der Waals surface area contributed by atoms with Gasteiger partial charge < -0.3 is 14.2 Å². The molecule has 0 saturated heterocycles. The van der Waals surface area contributed by atoms with Crippen molar-refractivity contribution in [3.8, 4) is 0 Å². The Balaban J connectivity index is 4.43. The lowest BCUT2D eigenvalue weighted by atomic mass is 10.1. The molecule has 0 heterocycles. The van der Waals surface area contributed by atoms with E-state index >= 15 is 0 Å². The molecular formula is C54H90O6. The van der Waals surface area contributed by atoms with Gasteiger partial charge in [0.2, 0.25) is 0 Å². The predicted molar refractivity (Wildman–Crippen MR) is 256 cm³/mol. The van der Waals surface area contributed by atoms with Crippen molar-refractivity contribution >= 4 is 17.9 Å². The van der Waals surface area contributed by atoms with Crippen LogP contribution in [0, 0.1) is 0 Å². The van der Waals surface area contributed by atoms with Crippen molar-refractivity contribution in [2.24, 2.45) is 0 Å². The molecule has 6 nitrogen and oxygen atoms in total. The highest BCUT2D eigenvalue weighted by Gasteiger charge is 2.19. The van der Waals surface area contributed by atoms with Crippen molar-refractivity contribution in [3.05, 3.63) is 85.1 Å². The Morgan fingerprint density at radius 1 is 0.350 bits per heavy atom. The number of rotatable bonds is 43. The van der Waals surface area contributed by atoms with E-state index in [0.717, 1.165) is 70.6 Å². The third-order valence-electron chi connectivity index (χ3n) is 10.2. The van der Waals surface area contributed by atoms with Gasteiger partial charge >= 0.3 is 17.9 Å². The van der Waals surface area contributed by atoms with Crippen LogP contribution in [0.25, 0.3) is 0 Å².